The van der Waals surface area contributed by atoms with Crippen molar-refractivity contribution in [3.05, 3.63) is 236 Å². The summed E-state index contributed by atoms with van der Waals surface area (Å²) in [6.07, 6.45) is 8.67. The highest BCUT2D eigenvalue weighted by Gasteiger charge is 2.36. The number of benzene rings is 10. The van der Waals surface area contributed by atoms with E-state index < -0.39 is 0 Å². The molecule has 6 nitrogen and oxygen atoms in total. The third kappa shape index (κ3) is 4.92. The van der Waals surface area contributed by atoms with Gasteiger partial charge >= 0.3 is 0 Å². The van der Waals surface area contributed by atoms with Crippen molar-refractivity contribution in [3.8, 4) is 5.75 Å². The largest absolute Gasteiger partial charge is 0.483 e. The molecule has 72 heavy (non-hydrogen) atoms. The molecule has 0 radical (unpaired) electrons. The summed E-state index contributed by atoms with van der Waals surface area (Å²) < 4.78 is 18.7. The molecule has 0 saturated carbocycles. The van der Waals surface area contributed by atoms with Gasteiger partial charge in [-0.05, 0) is 84.9 Å². The van der Waals surface area contributed by atoms with E-state index in [1.807, 2.05) is 6.07 Å². The lowest BCUT2D eigenvalue weighted by atomic mass is 9.92. The molecule has 1 aliphatic heterocycles. The van der Waals surface area contributed by atoms with Crippen LogP contribution in [0.4, 0.5) is 34.1 Å². The van der Waals surface area contributed by atoms with Gasteiger partial charge in [-0.2, -0.15) is 0 Å². The highest BCUT2D eigenvalue weighted by atomic mass is 16.5. The van der Waals surface area contributed by atoms with Gasteiger partial charge in [0.1, 0.15) is 17.4 Å². The Labute approximate surface area is 412 Å². The molecule has 0 spiro atoms. The smallest absolute Gasteiger partial charge is 0.159 e. The van der Waals surface area contributed by atoms with Crippen LogP contribution in [0.1, 0.15) is 11.5 Å². The second kappa shape index (κ2) is 14.1. The number of allylic oxidation sites excluding steroid dienone is 2. The number of anilines is 6. The number of ether oxygens (including phenoxy) is 1. The van der Waals surface area contributed by atoms with Crippen molar-refractivity contribution < 1.29 is 9.15 Å². The van der Waals surface area contributed by atoms with Crippen LogP contribution in [0.15, 0.2) is 235 Å². The van der Waals surface area contributed by atoms with Gasteiger partial charge in [-0.1, -0.05) is 146 Å². The zero-order valence-corrected chi connectivity index (χ0v) is 38.7. The molecule has 17 rings (SSSR count). The van der Waals surface area contributed by atoms with E-state index in [1.54, 1.807) is 0 Å². The molecule has 0 N–H and O–H groups in total. The molecule has 336 valence electrons. The number of hydrogen-bond acceptors (Lipinski definition) is 4. The Bertz CT molecular complexity index is 4810. The van der Waals surface area contributed by atoms with Crippen LogP contribution in [0.2, 0.25) is 0 Å². The van der Waals surface area contributed by atoms with Crippen LogP contribution >= 0.6 is 0 Å². The number of rotatable bonds is 6. The van der Waals surface area contributed by atoms with Crippen LogP contribution < -0.4 is 14.5 Å². The number of hydrogen-bond donors (Lipinski definition) is 0. The molecule has 6 heteroatoms. The number of furan rings is 1. The van der Waals surface area contributed by atoms with Crippen molar-refractivity contribution in [2.45, 2.75) is 12.0 Å². The van der Waals surface area contributed by atoms with E-state index in [-0.39, 0.29) is 12.0 Å². The van der Waals surface area contributed by atoms with Gasteiger partial charge < -0.3 is 27.8 Å². The summed E-state index contributed by atoms with van der Waals surface area (Å²) in [6.45, 7) is 0. The third-order valence-corrected chi connectivity index (χ3v) is 15.9. The molecule has 15 aromatic rings. The van der Waals surface area contributed by atoms with Crippen LogP contribution in [0.3, 0.4) is 0 Å². The lowest BCUT2D eigenvalue weighted by Gasteiger charge is -2.28. The fourth-order valence-electron chi connectivity index (χ4n) is 12.9. The molecule has 0 saturated heterocycles. The number of aromatic nitrogens is 2. The van der Waals surface area contributed by atoms with E-state index in [4.69, 9.17) is 9.15 Å². The van der Waals surface area contributed by atoms with Crippen molar-refractivity contribution in [1.82, 2.24) is 8.80 Å². The lowest BCUT2D eigenvalue weighted by Crippen LogP contribution is -2.16. The van der Waals surface area contributed by atoms with E-state index >= 15 is 0 Å². The first-order chi connectivity index (χ1) is 35.8. The molecule has 6 heterocycles. The van der Waals surface area contributed by atoms with E-state index in [2.05, 4.69) is 243 Å². The highest BCUT2D eigenvalue weighted by molar-refractivity contribution is 6.32. The van der Waals surface area contributed by atoms with Gasteiger partial charge in [0.15, 0.2) is 5.58 Å². The number of para-hydroxylation sites is 7. The summed E-state index contributed by atoms with van der Waals surface area (Å²) in [6, 6.07) is 75.2. The van der Waals surface area contributed by atoms with Gasteiger partial charge in [-0.25, -0.2) is 0 Å². The van der Waals surface area contributed by atoms with E-state index in [9.17, 15) is 0 Å². The predicted molar refractivity (Wildman–Crippen MR) is 298 cm³/mol. The maximum Gasteiger partial charge on any atom is 0.159 e. The first-order valence-electron chi connectivity index (χ1n) is 24.8. The van der Waals surface area contributed by atoms with Gasteiger partial charge in [0, 0.05) is 76.7 Å². The second-order valence-corrected chi connectivity index (χ2v) is 19.5. The normalized spacial score (nSPS) is 15.5. The van der Waals surface area contributed by atoms with Gasteiger partial charge in [-0.3, -0.25) is 0 Å². The van der Waals surface area contributed by atoms with Gasteiger partial charge in [0.2, 0.25) is 0 Å². The quantitative estimate of drug-likeness (QED) is 0.167. The Morgan fingerprint density at radius 1 is 0.375 bits per heavy atom. The van der Waals surface area contributed by atoms with Gasteiger partial charge in [0.05, 0.1) is 55.8 Å². The Balaban J connectivity index is 0.937. The molecule has 10 aromatic carbocycles. The monoisotopic (exact) mass is 920 g/mol. The zero-order chi connectivity index (χ0) is 46.8. The van der Waals surface area contributed by atoms with E-state index in [0.29, 0.717) is 0 Å². The minimum atomic E-state index is -0.0256. The lowest BCUT2D eigenvalue weighted by molar-refractivity contribution is 0.269. The Morgan fingerprint density at radius 3 is 1.56 bits per heavy atom. The second-order valence-electron chi connectivity index (χ2n) is 19.5. The zero-order valence-electron chi connectivity index (χ0n) is 38.7. The maximum atomic E-state index is 6.88. The average molecular weight is 921 g/mol. The van der Waals surface area contributed by atoms with Gasteiger partial charge in [-0.15, -0.1) is 0 Å². The van der Waals surface area contributed by atoms with Crippen molar-refractivity contribution in [3.63, 3.8) is 0 Å². The summed E-state index contributed by atoms with van der Waals surface area (Å²) in [5, 5.41) is 12.0. The number of nitrogens with zero attached hydrogens (tertiary/aromatic N) is 4. The maximum absolute atomic E-state index is 6.88. The number of fused-ring (bicyclic) bond motifs is 18. The minimum absolute atomic E-state index is 0.0256. The molecular formula is C66H40N4O2. The topological polar surface area (TPSA) is 37.7 Å². The van der Waals surface area contributed by atoms with Crippen LogP contribution in [0.25, 0.3) is 98.1 Å². The molecule has 2 unspecified atom stereocenters. The molecule has 5 aromatic heterocycles. The predicted octanol–water partition coefficient (Wildman–Crippen LogP) is 17.8. The van der Waals surface area contributed by atoms with Crippen LogP contribution in [0, 0.1) is 0 Å². The van der Waals surface area contributed by atoms with Crippen LogP contribution in [-0.4, -0.2) is 14.9 Å². The van der Waals surface area contributed by atoms with Gasteiger partial charge in [0.25, 0.3) is 0 Å². The summed E-state index contributed by atoms with van der Waals surface area (Å²) in [7, 11) is 0. The first-order valence-corrected chi connectivity index (χ1v) is 24.8. The molecule has 2 aliphatic rings. The van der Waals surface area contributed by atoms with Crippen molar-refractivity contribution in [1.29, 1.82) is 0 Å². The van der Waals surface area contributed by atoms with E-state index in [0.717, 1.165) is 61.8 Å². The minimum Gasteiger partial charge on any atom is -0.483 e. The summed E-state index contributed by atoms with van der Waals surface area (Å²) in [5.74, 6) is 1.12. The fraction of sp³-hybridized carbons (Fsp3) is 0.0303. The van der Waals surface area contributed by atoms with Crippen molar-refractivity contribution in [2.24, 2.45) is 0 Å². The van der Waals surface area contributed by atoms with Crippen LogP contribution in [-0.2, 0) is 0 Å². The third-order valence-electron chi connectivity index (χ3n) is 15.9. The molecule has 1 aliphatic carbocycles. The Kier molecular flexibility index (Phi) is 7.49. The first kappa shape index (κ1) is 38.3. The molecule has 0 bridgehead atoms. The van der Waals surface area contributed by atoms with Crippen LogP contribution in [0.5, 0.6) is 5.75 Å². The van der Waals surface area contributed by atoms with Crippen molar-refractivity contribution in [2.75, 3.05) is 9.80 Å². The molecule has 0 fully saturated rings. The molecule has 2 atom stereocenters. The summed E-state index contributed by atoms with van der Waals surface area (Å²) in [5.41, 5.74) is 16.5. The van der Waals surface area contributed by atoms with E-state index in [1.165, 1.54) is 81.8 Å². The Hall–Kier alpha value is -9.52. The standard InChI is InChI=1S/C66H40N4O2/c1-3-17-39(18-4-1)67(55-29-15-25-45-41-21-9-13-31-59(41)71-65(45)55)53-35-33-43-49-37-58-50(38-57(49)69-51-27-11-7-23-47(51)61(53)63(43)69)44-34-36-54(62-48-24-8-12-28-52(48)70(58)64(44)62)68(40-19-5-2-6-20-40)56-30-16-26-46-42-22-10-14-32-60(42)72-66(46)56/h1-38,41,59H. The highest BCUT2D eigenvalue weighted by Crippen LogP contribution is 2.55. The average Bonchev–Trinajstić information content (AvgIpc) is 4.29. The Morgan fingerprint density at radius 2 is 0.903 bits per heavy atom. The van der Waals surface area contributed by atoms with Crippen molar-refractivity contribution >= 4 is 132 Å². The molecule has 0 amide bonds. The fourth-order valence-corrected chi connectivity index (χ4v) is 12.9. The summed E-state index contributed by atoms with van der Waals surface area (Å²) >= 11 is 0. The summed E-state index contributed by atoms with van der Waals surface area (Å²) in [4.78, 5) is 4.82. The molecular weight excluding hydrogens is 881 g/mol. The SMILES string of the molecule is C1=CC2Oc3c(cccc3N(c3ccccc3)c3ccc4c5cc6c(cc5n5c7ccccc7c3c45)c3ccc(N(c4ccccc4)c4cccc5c4oc4ccccc45)c4c5ccccc5n6c34)C2C=C1.